The predicted molar refractivity (Wildman–Crippen MR) is 179 cm³/mol. The summed E-state index contributed by atoms with van der Waals surface area (Å²) in [5.74, 6) is -0.239. The van der Waals surface area contributed by atoms with E-state index in [2.05, 4.69) is 49.9 Å². The highest BCUT2D eigenvalue weighted by atomic mass is 35.5. The van der Waals surface area contributed by atoms with E-state index in [4.69, 9.17) is 0 Å². The topological polar surface area (TPSA) is 98.4 Å². The highest BCUT2D eigenvalue weighted by Gasteiger charge is 2.27. The molecular weight excluding hydrogens is 617 g/mol. The first-order valence-electron chi connectivity index (χ1n) is 13.8. The minimum absolute atomic E-state index is 0. The number of carbonyl (C=O) groups is 1. The van der Waals surface area contributed by atoms with E-state index in [1.807, 2.05) is 31.3 Å². The molecular formula is C33H33Cl2N5O3S. The van der Waals surface area contributed by atoms with Crippen molar-refractivity contribution in [2.45, 2.75) is 24.9 Å². The van der Waals surface area contributed by atoms with E-state index in [0.717, 1.165) is 33.6 Å². The Morgan fingerprint density at radius 3 is 2.34 bits per heavy atom. The number of anilines is 2. The van der Waals surface area contributed by atoms with Crippen molar-refractivity contribution in [3.05, 3.63) is 132 Å². The maximum Gasteiger partial charge on any atom is 0.261 e. The lowest BCUT2D eigenvalue weighted by Crippen LogP contribution is -2.35. The van der Waals surface area contributed by atoms with E-state index in [-0.39, 0.29) is 41.3 Å². The van der Waals surface area contributed by atoms with E-state index in [0.29, 0.717) is 31.7 Å². The number of hydrogen-bond donors (Lipinski definition) is 2. The van der Waals surface area contributed by atoms with Gasteiger partial charge in [-0.15, -0.1) is 24.8 Å². The number of aromatic amines is 1. The monoisotopic (exact) mass is 649 g/mol. The third-order valence-electron chi connectivity index (χ3n) is 7.46. The quantitative estimate of drug-likeness (QED) is 0.205. The molecule has 1 aromatic heterocycles. The Hall–Kier alpha value is -4.31. The summed E-state index contributed by atoms with van der Waals surface area (Å²) in [7, 11) is -3.89. The molecule has 44 heavy (non-hydrogen) atoms. The van der Waals surface area contributed by atoms with Crippen molar-refractivity contribution >= 4 is 52.1 Å². The lowest BCUT2D eigenvalue weighted by atomic mass is 10.0. The van der Waals surface area contributed by atoms with Crippen LogP contribution in [0.5, 0.6) is 0 Å². The average molecular weight is 651 g/mol. The van der Waals surface area contributed by atoms with Crippen molar-refractivity contribution in [1.29, 1.82) is 0 Å². The van der Waals surface area contributed by atoms with E-state index in [1.165, 1.54) is 0 Å². The van der Waals surface area contributed by atoms with Crippen LogP contribution >= 0.6 is 24.8 Å². The first-order chi connectivity index (χ1) is 20.4. The summed E-state index contributed by atoms with van der Waals surface area (Å²) in [5.41, 5.74) is 6.71. The maximum absolute atomic E-state index is 14.1. The number of benzene rings is 4. The van der Waals surface area contributed by atoms with Crippen LogP contribution < -0.4 is 9.62 Å². The summed E-state index contributed by atoms with van der Waals surface area (Å²) in [6, 6.07) is 29.9. The smallest absolute Gasteiger partial charge is 0.261 e. The van der Waals surface area contributed by atoms with Crippen molar-refractivity contribution in [3.8, 4) is 11.1 Å². The number of aryl methyl sites for hydroxylation is 1. The lowest BCUT2D eigenvalue weighted by Gasteiger charge is -2.25. The van der Waals surface area contributed by atoms with Crippen LogP contribution in [0.25, 0.3) is 11.1 Å². The molecule has 0 aliphatic carbocycles. The van der Waals surface area contributed by atoms with Gasteiger partial charge in [0.25, 0.3) is 15.9 Å². The van der Waals surface area contributed by atoms with Gasteiger partial charge >= 0.3 is 0 Å². The zero-order valence-electron chi connectivity index (χ0n) is 24.0. The molecule has 5 aromatic rings. The standard InChI is InChI=1S/C33H31N5O3S.2ClH/c1-24-11-14-29(15-12-24)42(40,41)36-31-10-6-5-9-30(31)33(39)38-18-17-37(22-28-20-34-23-35-28)32-16-13-26(19-27(32)21-38)25-7-3-2-4-8-25;;/h2-16,19-20,23,36H,17-18,21-22H2,1H3,(H,34,35);2*1H. The number of amides is 1. The molecule has 1 amide bonds. The van der Waals surface area contributed by atoms with Gasteiger partial charge in [0.2, 0.25) is 0 Å². The fraction of sp³-hybridized carbons (Fsp3) is 0.152. The number of nitrogens with one attached hydrogen (secondary N) is 2. The summed E-state index contributed by atoms with van der Waals surface area (Å²) in [5, 5.41) is 0. The number of aromatic nitrogens is 2. The van der Waals surface area contributed by atoms with Crippen LogP contribution in [0.2, 0.25) is 0 Å². The molecule has 0 bridgehead atoms. The Kier molecular flexibility index (Phi) is 10.4. The lowest BCUT2D eigenvalue weighted by molar-refractivity contribution is 0.0752. The molecule has 0 fully saturated rings. The van der Waals surface area contributed by atoms with Gasteiger partial charge in [0.1, 0.15) is 0 Å². The Morgan fingerprint density at radius 2 is 1.61 bits per heavy atom. The van der Waals surface area contributed by atoms with Crippen LogP contribution in [0, 0.1) is 6.92 Å². The van der Waals surface area contributed by atoms with Crippen molar-refractivity contribution in [2.24, 2.45) is 0 Å². The first-order valence-corrected chi connectivity index (χ1v) is 15.2. The fourth-order valence-corrected chi connectivity index (χ4v) is 6.32. The molecule has 0 saturated carbocycles. The molecule has 0 atom stereocenters. The van der Waals surface area contributed by atoms with Gasteiger partial charge < -0.3 is 14.8 Å². The number of fused-ring (bicyclic) bond motifs is 1. The number of hydrogen-bond acceptors (Lipinski definition) is 5. The van der Waals surface area contributed by atoms with Gasteiger partial charge in [-0.25, -0.2) is 13.4 Å². The zero-order chi connectivity index (χ0) is 29.1. The zero-order valence-corrected chi connectivity index (χ0v) is 26.5. The minimum Gasteiger partial charge on any atom is -0.364 e. The number of para-hydroxylation sites is 1. The number of halogens is 2. The number of carbonyl (C=O) groups excluding carboxylic acids is 1. The second kappa shape index (κ2) is 14.0. The third kappa shape index (κ3) is 7.07. The van der Waals surface area contributed by atoms with Gasteiger partial charge in [-0.1, -0.05) is 66.2 Å². The molecule has 228 valence electrons. The summed E-state index contributed by atoms with van der Waals surface area (Å²) in [6.45, 7) is 3.96. The molecule has 4 aromatic carbocycles. The number of H-pyrrole nitrogens is 1. The molecule has 1 aliphatic rings. The van der Waals surface area contributed by atoms with Gasteiger partial charge in [0, 0.05) is 31.5 Å². The second-order valence-corrected chi connectivity index (χ2v) is 12.1. The SMILES string of the molecule is Cc1ccc(S(=O)(=O)Nc2ccccc2C(=O)N2CCN(Cc3cnc[nH]3)c3ccc(-c4ccccc4)cc3C2)cc1.Cl.Cl. The third-order valence-corrected chi connectivity index (χ3v) is 8.85. The number of rotatable bonds is 7. The Morgan fingerprint density at radius 1 is 0.886 bits per heavy atom. The van der Waals surface area contributed by atoms with Crippen LogP contribution in [0.3, 0.4) is 0 Å². The van der Waals surface area contributed by atoms with Crippen molar-refractivity contribution in [2.75, 3.05) is 22.7 Å². The summed E-state index contributed by atoms with van der Waals surface area (Å²) < 4.78 is 29.0. The molecule has 0 radical (unpaired) electrons. The second-order valence-electron chi connectivity index (χ2n) is 10.4. The van der Waals surface area contributed by atoms with Crippen LogP contribution in [0.15, 0.2) is 114 Å². The summed E-state index contributed by atoms with van der Waals surface area (Å²) >= 11 is 0. The summed E-state index contributed by atoms with van der Waals surface area (Å²) in [4.78, 5) is 25.6. The normalized spacial score (nSPS) is 12.8. The van der Waals surface area contributed by atoms with Crippen molar-refractivity contribution < 1.29 is 13.2 Å². The largest absolute Gasteiger partial charge is 0.364 e. The van der Waals surface area contributed by atoms with Crippen molar-refractivity contribution in [3.63, 3.8) is 0 Å². The summed E-state index contributed by atoms with van der Waals surface area (Å²) in [6.07, 6.45) is 3.47. The Labute approximate surface area is 270 Å². The number of nitrogens with zero attached hydrogens (tertiary/aromatic N) is 3. The molecule has 2 N–H and O–H groups in total. The van der Waals surface area contributed by atoms with Crippen LogP contribution in [0.4, 0.5) is 11.4 Å². The van der Waals surface area contributed by atoms with Gasteiger partial charge in [0.15, 0.2) is 0 Å². The molecule has 0 spiro atoms. The van der Waals surface area contributed by atoms with E-state index in [9.17, 15) is 13.2 Å². The molecule has 0 saturated heterocycles. The van der Waals surface area contributed by atoms with E-state index >= 15 is 0 Å². The van der Waals surface area contributed by atoms with Crippen LogP contribution in [-0.2, 0) is 23.1 Å². The molecule has 11 heteroatoms. The first kappa shape index (κ1) is 32.6. The maximum atomic E-state index is 14.1. The molecule has 2 heterocycles. The highest BCUT2D eigenvalue weighted by molar-refractivity contribution is 7.92. The van der Waals surface area contributed by atoms with Gasteiger partial charge in [-0.2, -0.15) is 0 Å². The van der Waals surface area contributed by atoms with Gasteiger partial charge in [-0.05, 0) is 60.0 Å². The minimum atomic E-state index is -3.89. The average Bonchev–Trinajstić information content (AvgIpc) is 3.45. The molecule has 6 rings (SSSR count). The van der Waals surface area contributed by atoms with E-state index < -0.39 is 10.0 Å². The number of imidazole rings is 1. The van der Waals surface area contributed by atoms with Crippen LogP contribution in [0.1, 0.15) is 27.2 Å². The van der Waals surface area contributed by atoms with Crippen LogP contribution in [-0.4, -0.2) is 42.3 Å². The fourth-order valence-electron chi connectivity index (χ4n) is 5.24. The molecule has 0 unspecified atom stereocenters. The van der Waals surface area contributed by atoms with E-state index in [1.54, 1.807) is 59.8 Å². The number of sulfonamides is 1. The van der Waals surface area contributed by atoms with Crippen molar-refractivity contribution in [1.82, 2.24) is 14.9 Å². The molecule has 1 aliphatic heterocycles. The predicted octanol–water partition coefficient (Wildman–Crippen LogP) is 6.69. The molecule has 8 nitrogen and oxygen atoms in total. The Bertz CT molecular complexity index is 1820. The van der Waals surface area contributed by atoms with Gasteiger partial charge in [0.05, 0.1) is 34.7 Å². The highest BCUT2D eigenvalue weighted by Crippen LogP contribution is 2.32. The Balaban J connectivity index is 0.00000221. The van der Waals surface area contributed by atoms with Gasteiger partial charge in [-0.3, -0.25) is 9.52 Å².